The molecule has 0 aromatic heterocycles. The Labute approximate surface area is 154 Å². The summed E-state index contributed by atoms with van der Waals surface area (Å²) < 4.78 is 12.5. The maximum atomic E-state index is 11.7. The van der Waals surface area contributed by atoms with Crippen molar-refractivity contribution < 1.29 is 14.0 Å². The Bertz CT molecular complexity index is 476. The monoisotopic (exact) mass is 368 g/mol. The van der Waals surface area contributed by atoms with Crippen molar-refractivity contribution in [3.63, 3.8) is 0 Å². The fourth-order valence-electron chi connectivity index (χ4n) is 2.95. The van der Waals surface area contributed by atoms with Gasteiger partial charge in [0.05, 0.1) is 18.3 Å². The molecule has 25 heavy (non-hydrogen) atoms. The van der Waals surface area contributed by atoms with Gasteiger partial charge in [0.2, 0.25) is 5.91 Å². The molecule has 5 nitrogen and oxygen atoms in total. The van der Waals surface area contributed by atoms with Crippen LogP contribution in [0.25, 0.3) is 0 Å². The van der Waals surface area contributed by atoms with Crippen LogP contribution in [0.15, 0.2) is 0 Å². The lowest BCUT2D eigenvalue weighted by Crippen LogP contribution is -2.51. The Balaban J connectivity index is 2.87. The summed E-state index contributed by atoms with van der Waals surface area (Å²) in [7, 11) is -2.00. The molecule has 6 heteroatoms. The van der Waals surface area contributed by atoms with Crippen LogP contribution >= 0.6 is 0 Å². The molecule has 0 spiro atoms. The summed E-state index contributed by atoms with van der Waals surface area (Å²) >= 11 is 0. The Hall–Kier alpha value is -0.903. The maximum Gasteiger partial charge on any atom is 0.218 e. The van der Waals surface area contributed by atoms with Crippen LogP contribution in [0.5, 0.6) is 0 Å². The van der Waals surface area contributed by atoms with Crippen LogP contribution in [0.2, 0.25) is 18.1 Å². The van der Waals surface area contributed by atoms with Crippen molar-refractivity contribution in [3.05, 3.63) is 0 Å². The number of amides is 1. The number of rotatable bonds is 7. The molecule has 1 N–H and O–H groups in total. The SMILES string of the molecule is CC(=O)N[C@@H](OC1CCCCC1)[C@H](C#N)[C@@H](C)O[Si](C)(C)C(C)(C)C. The molecular weight excluding hydrogens is 332 g/mol. The van der Waals surface area contributed by atoms with Crippen molar-refractivity contribution in [2.45, 2.75) is 103 Å². The van der Waals surface area contributed by atoms with E-state index >= 15 is 0 Å². The number of hydrogen-bond acceptors (Lipinski definition) is 4. The van der Waals surface area contributed by atoms with Crippen molar-refractivity contribution in [3.8, 4) is 6.07 Å². The molecule has 0 radical (unpaired) electrons. The summed E-state index contributed by atoms with van der Waals surface area (Å²) in [5.41, 5.74) is 0. The van der Waals surface area contributed by atoms with Gasteiger partial charge in [0, 0.05) is 6.92 Å². The molecule has 0 bridgehead atoms. The van der Waals surface area contributed by atoms with Crippen LogP contribution in [0.1, 0.15) is 66.7 Å². The van der Waals surface area contributed by atoms with E-state index in [4.69, 9.17) is 9.16 Å². The summed E-state index contributed by atoms with van der Waals surface area (Å²) in [6.45, 7) is 14.3. The maximum absolute atomic E-state index is 11.7. The number of nitrogens with zero attached hydrogens (tertiary/aromatic N) is 1. The van der Waals surface area contributed by atoms with Gasteiger partial charge in [-0.15, -0.1) is 0 Å². The summed E-state index contributed by atoms with van der Waals surface area (Å²) in [5.74, 6) is -0.708. The van der Waals surface area contributed by atoms with Gasteiger partial charge in [-0.1, -0.05) is 40.0 Å². The van der Waals surface area contributed by atoms with Gasteiger partial charge in [0.15, 0.2) is 8.32 Å². The minimum absolute atomic E-state index is 0.0645. The van der Waals surface area contributed by atoms with Gasteiger partial charge in [-0.05, 0) is 37.9 Å². The number of hydrogen-bond donors (Lipinski definition) is 1. The molecule has 1 aliphatic rings. The zero-order valence-corrected chi connectivity index (χ0v) is 18.0. The van der Waals surface area contributed by atoms with Gasteiger partial charge < -0.3 is 14.5 Å². The van der Waals surface area contributed by atoms with E-state index < -0.39 is 20.5 Å². The van der Waals surface area contributed by atoms with Crippen LogP contribution in [-0.4, -0.2) is 32.7 Å². The first-order chi connectivity index (χ1) is 11.5. The Morgan fingerprint density at radius 2 is 1.80 bits per heavy atom. The molecule has 3 atom stereocenters. The van der Waals surface area contributed by atoms with E-state index in [0.29, 0.717) is 0 Å². The quantitative estimate of drug-likeness (QED) is 0.536. The fourth-order valence-corrected chi connectivity index (χ4v) is 4.38. The van der Waals surface area contributed by atoms with Crippen LogP contribution in [0.3, 0.4) is 0 Å². The normalized spacial score (nSPS) is 20.4. The predicted octanol–water partition coefficient (Wildman–Crippen LogP) is 4.35. The molecule has 0 aromatic carbocycles. The van der Waals surface area contributed by atoms with E-state index in [2.05, 4.69) is 45.3 Å². The molecule has 1 aliphatic carbocycles. The zero-order valence-electron chi connectivity index (χ0n) is 17.0. The smallest absolute Gasteiger partial charge is 0.218 e. The molecule has 0 heterocycles. The van der Waals surface area contributed by atoms with E-state index in [9.17, 15) is 10.1 Å². The lowest BCUT2D eigenvalue weighted by molar-refractivity contribution is -0.130. The van der Waals surface area contributed by atoms with E-state index in [1.807, 2.05) is 6.92 Å². The summed E-state index contributed by atoms with van der Waals surface area (Å²) in [4.78, 5) is 11.7. The van der Waals surface area contributed by atoms with Gasteiger partial charge in [0.25, 0.3) is 0 Å². The number of ether oxygens (including phenoxy) is 1. The molecular formula is C19H36N2O3Si. The second-order valence-electron chi connectivity index (χ2n) is 8.76. The number of nitrogens with one attached hydrogen (secondary N) is 1. The zero-order chi connectivity index (χ0) is 19.3. The van der Waals surface area contributed by atoms with E-state index in [1.54, 1.807) is 0 Å². The lowest BCUT2D eigenvalue weighted by atomic mass is 9.97. The van der Waals surface area contributed by atoms with Gasteiger partial charge >= 0.3 is 0 Å². The third kappa shape index (κ3) is 6.73. The minimum atomic E-state index is -2.00. The highest BCUT2D eigenvalue weighted by atomic mass is 28.4. The summed E-state index contributed by atoms with van der Waals surface area (Å²) in [6.07, 6.45) is 4.70. The van der Waals surface area contributed by atoms with Crippen molar-refractivity contribution in [1.29, 1.82) is 5.26 Å². The van der Waals surface area contributed by atoms with Crippen molar-refractivity contribution in [2.24, 2.45) is 5.92 Å². The average Bonchev–Trinajstić information content (AvgIpc) is 2.46. The van der Waals surface area contributed by atoms with Crippen molar-refractivity contribution in [1.82, 2.24) is 5.32 Å². The second kappa shape index (κ2) is 9.16. The number of nitriles is 1. The topological polar surface area (TPSA) is 71.3 Å². The van der Waals surface area contributed by atoms with E-state index in [1.165, 1.54) is 13.3 Å². The highest BCUT2D eigenvalue weighted by Crippen LogP contribution is 2.38. The van der Waals surface area contributed by atoms with Gasteiger partial charge in [-0.25, -0.2) is 0 Å². The highest BCUT2D eigenvalue weighted by molar-refractivity contribution is 6.74. The fraction of sp³-hybridized carbons (Fsp3) is 0.895. The highest BCUT2D eigenvalue weighted by Gasteiger charge is 2.41. The average molecular weight is 369 g/mol. The Kier molecular flexibility index (Phi) is 8.11. The third-order valence-corrected chi connectivity index (χ3v) is 10.1. The molecule has 1 rings (SSSR count). The standard InChI is InChI=1S/C19H36N2O3Si/c1-14(24-25(6,7)19(3,4)5)17(13-20)18(21-15(2)22)23-16-11-9-8-10-12-16/h14,16-18H,8-12H2,1-7H3,(H,21,22)/t14-,17-,18+/m1/s1. The largest absolute Gasteiger partial charge is 0.413 e. The molecule has 0 aromatic rings. The first kappa shape index (κ1) is 22.1. The molecule has 1 fully saturated rings. The summed E-state index contributed by atoms with van der Waals surface area (Å²) in [6, 6.07) is 2.33. The first-order valence-corrected chi connectivity index (χ1v) is 12.4. The Morgan fingerprint density at radius 1 is 1.24 bits per heavy atom. The van der Waals surface area contributed by atoms with Crippen LogP contribution in [0, 0.1) is 17.2 Å². The third-order valence-electron chi connectivity index (χ3n) is 5.50. The Morgan fingerprint density at radius 3 is 2.24 bits per heavy atom. The molecule has 144 valence electrons. The van der Waals surface area contributed by atoms with Crippen LogP contribution < -0.4 is 5.32 Å². The lowest BCUT2D eigenvalue weighted by Gasteiger charge is -2.41. The van der Waals surface area contributed by atoms with Gasteiger partial charge in [-0.2, -0.15) is 5.26 Å². The second-order valence-corrected chi connectivity index (χ2v) is 13.5. The summed E-state index contributed by atoms with van der Waals surface area (Å²) in [5, 5.41) is 12.7. The predicted molar refractivity (Wildman–Crippen MR) is 102 cm³/mol. The number of carbonyl (C=O) groups is 1. The molecule has 1 saturated carbocycles. The molecule has 0 aliphatic heterocycles. The van der Waals surface area contributed by atoms with E-state index in [0.717, 1.165) is 25.7 Å². The first-order valence-electron chi connectivity index (χ1n) is 9.48. The van der Waals surface area contributed by atoms with Gasteiger partial charge in [0.1, 0.15) is 12.1 Å². The van der Waals surface area contributed by atoms with Crippen molar-refractivity contribution in [2.75, 3.05) is 0 Å². The minimum Gasteiger partial charge on any atom is -0.413 e. The van der Waals surface area contributed by atoms with Crippen LogP contribution in [0.4, 0.5) is 0 Å². The van der Waals surface area contributed by atoms with Gasteiger partial charge in [-0.3, -0.25) is 4.79 Å². The molecule has 0 unspecified atom stereocenters. The molecule has 1 amide bonds. The van der Waals surface area contributed by atoms with Crippen LogP contribution in [-0.2, 0) is 14.0 Å². The number of carbonyl (C=O) groups excluding carboxylic acids is 1. The van der Waals surface area contributed by atoms with E-state index in [-0.39, 0.29) is 23.2 Å². The molecule has 0 saturated heterocycles. The van der Waals surface area contributed by atoms with Crippen molar-refractivity contribution >= 4 is 14.2 Å².